The highest BCUT2D eigenvalue weighted by molar-refractivity contribution is 5.89. The van der Waals surface area contributed by atoms with Crippen molar-refractivity contribution >= 4 is 11.8 Å². The average molecular weight is 546 g/mol. The van der Waals surface area contributed by atoms with Crippen LogP contribution < -0.4 is 0 Å². The van der Waals surface area contributed by atoms with E-state index in [-0.39, 0.29) is 36.0 Å². The van der Waals surface area contributed by atoms with E-state index < -0.39 is 23.9 Å². The number of rotatable bonds is 12. The summed E-state index contributed by atoms with van der Waals surface area (Å²) < 4.78 is 23.0. The lowest BCUT2D eigenvalue weighted by Gasteiger charge is -2.38. The van der Waals surface area contributed by atoms with Gasteiger partial charge >= 0.3 is 5.97 Å². The number of carbonyl (C=O) groups is 2. The van der Waals surface area contributed by atoms with Crippen molar-refractivity contribution < 1.29 is 33.6 Å². The highest BCUT2D eigenvalue weighted by Crippen LogP contribution is 2.43. The van der Waals surface area contributed by atoms with Crippen LogP contribution in [0, 0.1) is 11.8 Å². The molecule has 1 spiro atoms. The second kappa shape index (κ2) is 14.2. The molecule has 1 unspecified atom stereocenters. The van der Waals surface area contributed by atoms with E-state index in [1.165, 1.54) is 13.0 Å². The second-order valence-electron chi connectivity index (χ2n) is 11.2. The number of aliphatic hydroxyl groups is 1. The molecule has 39 heavy (non-hydrogen) atoms. The predicted octanol–water partition coefficient (Wildman–Crippen LogP) is 4.76. The molecule has 10 nitrogen and oxygen atoms in total. The number of azide groups is 1. The number of allylic oxidation sites excluding steroid dienone is 3. The molecule has 0 bridgehead atoms. The van der Waals surface area contributed by atoms with Crippen molar-refractivity contribution in [2.45, 2.75) is 109 Å². The van der Waals surface area contributed by atoms with Gasteiger partial charge in [0.05, 0.1) is 24.9 Å². The lowest BCUT2D eigenvalue weighted by Crippen LogP contribution is -2.50. The van der Waals surface area contributed by atoms with Gasteiger partial charge in [0.2, 0.25) is 0 Å². The molecule has 3 aliphatic rings. The quantitative estimate of drug-likeness (QED) is 0.0708. The van der Waals surface area contributed by atoms with Crippen LogP contribution in [0.5, 0.6) is 0 Å². The molecule has 0 saturated carbocycles. The van der Waals surface area contributed by atoms with E-state index in [0.29, 0.717) is 38.3 Å². The molecule has 3 aliphatic heterocycles. The van der Waals surface area contributed by atoms with Gasteiger partial charge in [-0.1, -0.05) is 35.8 Å². The summed E-state index contributed by atoms with van der Waals surface area (Å²) in [6.07, 6.45) is 10.5. The van der Waals surface area contributed by atoms with Gasteiger partial charge in [-0.3, -0.25) is 9.59 Å². The van der Waals surface area contributed by atoms with Crippen LogP contribution in [0.25, 0.3) is 10.4 Å². The first-order valence-electron chi connectivity index (χ1n) is 13.9. The van der Waals surface area contributed by atoms with Crippen molar-refractivity contribution in [2.24, 2.45) is 17.0 Å². The van der Waals surface area contributed by atoms with E-state index in [4.69, 9.17) is 24.5 Å². The second-order valence-corrected chi connectivity index (χ2v) is 11.2. The third-order valence-corrected chi connectivity index (χ3v) is 7.85. The number of hydrogen-bond acceptors (Lipinski definition) is 8. The summed E-state index contributed by atoms with van der Waals surface area (Å²) >= 11 is 0. The zero-order chi connectivity index (χ0) is 28.6. The SMILES string of the molecule is CC(=O)O[C@@H](C)/C=C\C(=O)C[C@@H]1C[C@H](C)[C@H](C/C=C(C)/C=C/C2O[C@@H](CCN=[N+]=[N-])C[C@@]3(CO3)[C@@H]2O)O[C@@H]1C. The fraction of sp³-hybridized carbons (Fsp3) is 0.724. The number of carbonyl (C=O) groups excluding carboxylic acids is 2. The fourth-order valence-corrected chi connectivity index (χ4v) is 5.46. The Bertz CT molecular complexity index is 999. The first-order valence-corrected chi connectivity index (χ1v) is 13.9. The van der Waals surface area contributed by atoms with E-state index in [1.807, 2.05) is 26.0 Å². The van der Waals surface area contributed by atoms with Gasteiger partial charge in [-0.2, -0.15) is 0 Å². The molecule has 9 atom stereocenters. The Kier molecular flexibility index (Phi) is 11.3. The summed E-state index contributed by atoms with van der Waals surface area (Å²) in [5, 5.41) is 14.4. The van der Waals surface area contributed by atoms with Gasteiger partial charge in [-0.15, -0.1) is 0 Å². The third-order valence-electron chi connectivity index (χ3n) is 7.85. The van der Waals surface area contributed by atoms with Crippen LogP contribution in [0.4, 0.5) is 0 Å². The number of aliphatic hydroxyl groups excluding tert-OH is 1. The number of ketones is 1. The Labute approximate surface area is 231 Å². The Balaban J connectivity index is 1.49. The van der Waals surface area contributed by atoms with E-state index >= 15 is 0 Å². The smallest absolute Gasteiger partial charge is 0.303 e. The molecule has 0 aliphatic carbocycles. The van der Waals surface area contributed by atoms with Gasteiger partial charge in [-0.25, -0.2) is 0 Å². The number of hydrogen-bond donors (Lipinski definition) is 1. The van der Waals surface area contributed by atoms with Crippen LogP contribution in [0.15, 0.2) is 41.1 Å². The van der Waals surface area contributed by atoms with Crippen molar-refractivity contribution in [3.8, 4) is 0 Å². The van der Waals surface area contributed by atoms with E-state index in [0.717, 1.165) is 18.4 Å². The Morgan fingerprint density at radius 2 is 2.00 bits per heavy atom. The zero-order valence-corrected chi connectivity index (χ0v) is 23.7. The maximum absolute atomic E-state index is 12.5. The minimum atomic E-state index is -0.737. The molecule has 0 aromatic rings. The fourth-order valence-electron chi connectivity index (χ4n) is 5.46. The molecule has 3 saturated heterocycles. The van der Waals surface area contributed by atoms with Crippen molar-refractivity contribution in [3.63, 3.8) is 0 Å². The van der Waals surface area contributed by atoms with E-state index in [2.05, 4.69) is 23.0 Å². The Hall–Kier alpha value is -2.49. The van der Waals surface area contributed by atoms with Crippen LogP contribution in [0.1, 0.15) is 66.7 Å². The molecule has 1 N–H and O–H groups in total. The summed E-state index contributed by atoms with van der Waals surface area (Å²) in [7, 11) is 0. The van der Waals surface area contributed by atoms with Gasteiger partial charge < -0.3 is 24.1 Å². The minimum absolute atomic E-state index is 0.00602. The summed E-state index contributed by atoms with van der Waals surface area (Å²) in [6.45, 7) is 10.1. The Morgan fingerprint density at radius 3 is 2.67 bits per heavy atom. The molecule has 3 heterocycles. The number of nitrogens with zero attached hydrogens (tertiary/aromatic N) is 3. The highest BCUT2D eigenvalue weighted by Gasteiger charge is 2.58. The van der Waals surface area contributed by atoms with Crippen LogP contribution in [0.3, 0.4) is 0 Å². The lowest BCUT2D eigenvalue weighted by molar-refractivity contribution is -0.143. The summed E-state index contributed by atoms with van der Waals surface area (Å²) in [4.78, 5) is 26.3. The molecule has 216 valence electrons. The number of esters is 1. The predicted molar refractivity (Wildman–Crippen MR) is 146 cm³/mol. The largest absolute Gasteiger partial charge is 0.459 e. The molecule has 3 fully saturated rings. The average Bonchev–Trinajstić information content (AvgIpc) is 3.65. The minimum Gasteiger partial charge on any atom is -0.459 e. The van der Waals surface area contributed by atoms with Gasteiger partial charge in [0.25, 0.3) is 0 Å². The molecule has 0 radical (unpaired) electrons. The van der Waals surface area contributed by atoms with Crippen LogP contribution >= 0.6 is 0 Å². The maximum Gasteiger partial charge on any atom is 0.303 e. The third kappa shape index (κ3) is 9.29. The van der Waals surface area contributed by atoms with E-state index in [9.17, 15) is 14.7 Å². The van der Waals surface area contributed by atoms with Crippen LogP contribution in [-0.4, -0.2) is 72.2 Å². The first-order chi connectivity index (χ1) is 18.5. The molecule has 0 aromatic heterocycles. The van der Waals surface area contributed by atoms with Gasteiger partial charge in [0.1, 0.15) is 23.9 Å². The van der Waals surface area contributed by atoms with Gasteiger partial charge in [0, 0.05) is 31.2 Å². The number of ether oxygens (including phenoxy) is 4. The molecule has 0 amide bonds. The summed E-state index contributed by atoms with van der Waals surface area (Å²) in [6, 6.07) is 0. The first kappa shape index (κ1) is 31.0. The van der Waals surface area contributed by atoms with Crippen molar-refractivity contribution in [1.29, 1.82) is 0 Å². The van der Waals surface area contributed by atoms with E-state index in [1.54, 1.807) is 13.0 Å². The van der Waals surface area contributed by atoms with Crippen LogP contribution in [0.2, 0.25) is 0 Å². The molecular formula is C29H43N3O7. The van der Waals surface area contributed by atoms with Gasteiger partial charge in [0.15, 0.2) is 5.78 Å². The molecule has 0 aromatic carbocycles. The highest BCUT2D eigenvalue weighted by atomic mass is 16.6. The zero-order valence-electron chi connectivity index (χ0n) is 23.7. The van der Waals surface area contributed by atoms with Crippen molar-refractivity contribution in [3.05, 3.63) is 46.4 Å². The number of epoxide rings is 1. The van der Waals surface area contributed by atoms with Crippen molar-refractivity contribution in [1.82, 2.24) is 0 Å². The Morgan fingerprint density at radius 1 is 1.26 bits per heavy atom. The van der Waals surface area contributed by atoms with Gasteiger partial charge in [-0.05, 0) is 69.6 Å². The summed E-state index contributed by atoms with van der Waals surface area (Å²) in [5.74, 6) is 0.0630. The standard InChI is InChI=1S/C29H43N3O7/c1-18(7-11-27-28(35)29(17-36-29)16-25(39-27)12-13-31-32-30)6-10-26-19(2)14-23(21(4)38-26)15-24(34)9-8-20(3)37-22(5)33/h6-9,11,19-21,23,25-28,35H,10,12-17H2,1-5H3/b9-8-,11-7+,18-6+/t19-,20-,21+,23-,25-,26-,27?,28+,29+/m0/s1. The molecular weight excluding hydrogens is 502 g/mol. The van der Waals surface area contributed by atoms with Crippen LogP contribution in [-0.2, 0) is 28.5 Å². The molecule has 3 rings (SSSR count). The normalized spacial score (nSPS) is 35.6. The molecule has 10 heteroatoms. The van der Waals surface area contributed by atoms with Crippen molar-refractivity contribution in [2.75, 3.05) is 13.2 Å². The lowest BCUT2D eigenvalue weighted by atomic mass is 9.81. The maximum atomic E-state index is 12.5. The topological polar surface area (TPSA) is 143 Å². The monoisotopic (exact) mass is 545 g/mol. The summed E-state index contributed by atoms with van der Waals surface area (Å²) in [5.41, 5.74) is 9.02.